The summed E-state index contributed by atoms with van der Waals surface area (Å²) in [4.78, 5) is 36.3. The molecule has 0 aliphatic rings. The monoisotopic (exact) mass is 450 g/mol. The van der Waals surface area contributed by atoms with Gasteiger partial charge in [-0.1, -0.05) is 42.1 Å². The van der Waals surface area contributed by atoms with Gasteiger partial charge in [-0.15, -0.1) is 11.3 Å². The number of fused-ring (bicyclic) bond motifs is 1. The molecule has 0 saturated carbocycles. The van der Waals surface area contributed by atoms with E-state index >= 15 is 0 Å². The number of carbonyl (C=O) groups excluding carboxylic acids is 1. The predicted molar refractivity (Wildman–Crippen MR) is 131 cm³/mol. The molecule has 0 aliphatic heterocycles. The van der Waals surface area contributed by atoms with Gasteiger partial charge in [-0.05, 0) is 36.8 Å². The minimum Gasteiger partial charge on any atom is -0.378 e. The zero-order valence-corrected chi connectivity index (χ0v) is 19.1. The van der Waals surface area contributed by atoms with Gasteiger partial charge in [0, 0.05) is 35.9 Å². The third-order valence-electron chi connectivity index (χ3n) is 4.79. The number of benzene rings is 2. The van der Waals surface area contributed by atoms with E-state index in [9.17, 15) is 9.59 Å². The summed E-state index contributed by atoms with van der Waals surface area (Å²) in [5.41, 5.74) is 3.52. The fourth-order valence-corrected chi connectivity index (χ4v) is 5.06. The van der Waals surface area contributed by atoms with Crippen LogP contribution in [0.3, 0.4) is 0 Å². The number of rotatable bonds is 6. The summed E-state index contributed by atoms with van der Waals surface area (Å²) >= 11 is 2.71. The van der Waals surface area contributed by atoms with Crippen molar-refractivity contribution in [2.24, 2.45) is 0 Å². The summed E-state index contributed by atoms with van der Waals surface area (Å²) < 4.78 is 0. The molecular formula is C23H22N4O2S2. The van der Waals surface area contributed by atoms with Crippen LogP contribution in [-0.2, 0) is 4.79 Å². The summed E-state index contributed by atoms with van der Waals surface area (Å²) in [5.74, 6) is -0.00236. The first-order chi connectivity index (χ1) is 14.9. The molecule has 0 unspecified atom stereocenters. The molecule has 4 aromatic rings. The van der Waals surface area contributed by atoms with Crippen LogP contribution in [0.2, 0.25) is 0 Å². The first kappa shape index (κ1) is 21.1. The number of nitrogens with zero attached hydrogens (tertiary/aromatic N) is 2. The van der Waals surface area contributed by atoms with Crippen molar-refractivity contribution in [1.82, 2.24) is 9.97 Å². The smallest absolute Gasteiger partial charge is 0.260 e. The quantitative estimate of drug-likeness (QED) is 0.327. The van der Waals surface area contributed by atoms with E-state index in [0.717, 1.165) is 27.4 Å². The second kappa shape index (κ2) is 8.95. The highest BCUT2D eigenvalue weighted by atomic mass is 32.2. The van der Waals surface area contributed by atoms with Crippen LogP contribution in [0.4, 0.5) is 11.4 Å². The molecule has 0 aliphatic carbocycles. The van der Waals surface area contributed by atoms with Crippen LogP contribution in [0.5, 0.6) is 0 Å². The largest absolute Gasteiger partial charge is 0.378 e. The van der Waals surface area contributed by atoms with Crippen molar-refractivity contribution in [1.29, 1.82) is 0 Å². The zero-order chi connectivity index (χ0) is 22.0. The molecule has 2 N–H and O–H groups in total. The highest BCUT2D eigenvalue weighted by Crippen LogP contribution is 2.35. The molecule has 4 rings (SSSR count). The number of H-pyrrole nitrogens is 1. The Balaban J connectivity index is 1.49. The molecule has 0 atom stereocenters. The lowest BCUT2D eigenvalue weighted by Gasteiger charge is -2.13. The van der Waals surface area contributed by atoms with Gasteiger partial charge >= 0.3 is 0 Å². The summed E-state index contributed by atoms with van der Waals surface area (Å²) in [5, 5.41) is 3.91. The average Bonchev–Trinajstić information content (AvgIpc) is 3.09. The van der Waals surface area contributed by atoms with Gasteiger partial charge < -0.3 is 15.2 Å². The molecule has 0 radical (unpaired) electrons. The van der Waals surface area contributed by atoms with Crippen molar-refractivity contribution in [2.75, 3.05) is 30.1 Å². The Morgan fingerprint density at radius 2 is 1.84 bits per heavy atom. The normalized spacial score (nSPS) is 10.9. The topological polar surface area (TPSA) is 78.1 Å². The summed E-state index contributed by atoms with van der Waals surface area (Å²) in [6.07, 6.45) is 0. The Hall–Kier alpha value is -3.10. The first-order valence-corrected chi connectivity index (χ1v) is 11.5. The number of amides is 1. The van der Waals surface area contributed by atoms with Gasteiger partial charge in [0.05, 0.1) is 11.1 Å². The van der Waals surface area contributed by atoms with E-state index in [2.05, 4.69) is 15.3 Å². The Bertz CT molecular complexity index is 1280. The van der Waals surface area contributed by atoms with Gasteiger partial charge in [0.2, 0.25) is 5.91 Å². The lowest BCUT2D eigenvalue weighted by atomic mass is 10.0. The average molecular weight is 451 g/mol. The molecule has 0 bridgehead atoms. The molecule has 6 nitrogen and oxygen atoms in total. The van der Waals surface area contributed by atoms with E-state index in [0.29, 0.717) is 15.4 Å². The van der Waals surface area contributed by atoms with Gasteiger partial charge in [0.15, 0.2) is 5.16 Å². The first-order valence-electron chi connectivity index (χ1n) is 9.71. The number of anilines is 2. The molecule has 8 heteroatoms. The number of hydrogen-bond donors (Lipinski definition) is 2. The number of aryl methyl sites for hydroxylation is 1. The van der Waals surface area contributed by atoms with E-state index in [1.165, 1.54) is 23.1 Å². The maximum atomic E-state index is 12.8. The number of thioether (sulfide) groups is 1. The van der Waals surface area contributed by atoms with Gasteiger partial charge in [-0.25, -0.2) is 4.98 Å². The van der Waals surface area contributed by atoms with Crippen LogP contribution in [0.15, 0.2) is 64.5 Å². The molecule has 0 spiro atoms. The third kappa shape index (κ3) is 4.65. The Labute approximate surface area is 188 Å². The van der Waals surface area contributed by atoms with Crippen molar-refractivity contribution < 1.29 is 4.79 Å². The molecule has 2 heterocycles. The number of aromatic nitrogens is 2. The number of hydrogen-bond acceptors (Lipinski definition) is 6. The summed E-state index contributed by atoms with van der Waals surface area (Å²) in [6.45, 7) is 2.00. The maximum Gasteiger partial charge on any atom is 0.260 e. The van der Waals surface area contributed by atoms with Gasteiger partial charge in [0.25, 0.3) is 5.56 Å². The third-order valence-corrected chi connectivity index (χ3v) is 6.66. The highest BCUT2D eigenvalue weighted by Gasteiger charge is 2.17. The molecule has 0 fully saturated rings. The van der Waals surface area contributed by atoms with Crippen LogP contribution in [0.25, 0.3) is 21.3 Å². The molecule has 2 aromatic heterocycles. The Kier molecular flexibility index (Phi) is 6.11. The van der Waals surface area contributed by atoms with Crippen molar-refractivity contribution in [3.05, 3.63) is 69.8 Å². The standard InChI is InChI=1S/C23H22N4O2S2/c1-14-19(15-7-5-4-6-8-15)20-21(29)25-23(26-22(20)31-14)30-13-18(28)24-16-9-11-17(12-10-16)27(2)3/h4-12H,13H2,1-3H3,(H,24,28)(H,25,26,29). The van der Waals surface area contributed by atoms with E-state index in [1.807, 2.05) is 80.5 Å². The number of thiophene rings is 1. The van der Waals surface area contributed by atoms with Crippen molar-refractivity contribution >= 4 is 50.6 Å². The second-order valence-electron chi connectivity index (χ2n) is 7.23. The lowest BCUT2D eigenvalue weighted by molar-refractivity contribution is -0.113. The van der Waals surface area contributed by atoms with Crippen LogP contribution in [0.1, 0.15) is 4.88 Å². The van der Waals surface area contributed by atoms with Crippen LogP contribution < -0.4 is 15.8 Å². The summed E-state index contributed by atoms with van der Waals surface area (Å²) in [7, 11) is 3.93. The van der Waals surface area contributed by atoms with E-state index < -0.39 is 0 Å². The fourth-order valence-electron chi connectivity index (χ4n) is 3.29. The number of aromatic amines is 1. The minimum atomic E-state index is -0.185. The molecule has 158 valence electrons. The van der Waals surface area contributed by atoms with Crippen LogP contribution >= 0.6 is 23.1 Å². The molecule has 1 amide bonds. The highest BCUT2D eigenvalue weighted by molar-refractivity contribution is 7.99. The summed E-state index contributed by atoms with van der Waals surface area (Å²) in [6, 6.07) is 17.5. The van der Waals surface area contributed by atoms with E-state index in [4.69, 9.17) is 0 Å². The molecular weight excluding hydrogens is 428 g/mol. The van der Waals surface area contributed by atoms with Gasteiger partial charge in [0.1, 0.15) is 4.83 Å². The Morgan fingerprint density at radius 1 is 1.13 bits per heavy atom. The maximum absolute atomic E-state index is 12.8. The van der Waals surface area contributed by atoms with Crippen LogP contribution in [-0.4, -0.2) is 35.7 Å². The molecule has 2 aromatic carbocycles. The lowest BCUT2D eigenvalue weighted by Crippen LogP contribution is -2.15. The van der Waals surface area contributed by atoms with Crippen molar-refractivity contribution in [3.63, 3.8) is 0 Å². The van der Waals surface area contributed by atoms with Crippen LogP contribution in [0, 0.1) is 6.92 Å². The van der Waals surface area contributed by atoms with Crippen molar-refractivity contribution in [2.45, 2.75) is 12.1 Å². The number of carbonyl (C=O) groups is 1. The molecule has 0 saturated heterocycles. The van der Waals surface area contributed by atoms with E-state index in [-0.39, 0.29) is 17.2 Å². The fraction of sp³-hybridized carbons (Fsp3) is 0.174. The Morgan fingerprint density at radius 3 is 2.52 bits per heavy atom. The SMILES string of the molecule is Cc1sc2nc(SCC(=O)Nc3ccc(N(C)C)cc3)[nH]c(=O)c2c1-c1ccccc1. The van der Waals surface area contributed by atoms with Gasteiger partial charge in [-0.3, -0.25) is 9.59 Å². The van der Waals surface area contributed by atoms with Gasteiger partial charge in [-0.2, -0.15) is 0 Å². The second-order valence-corrected chi connectivity index (χ2v) is 9.40. The van der Waals surface area contributed by atoms with E-state index in [1.54, 1.807) is 0 Å². The zero-order valence-electron chi connectivity index (χ0n) is 17.4. The minimum absolute atomic E-state index is 0.153. The molecule has 31 heavy (non-hydrogen) atoms. The predicted octanol–water partition coefficient (Wildman–Crippen LogP) is 4.76. The van der Waals surface area contributed by atoms with Crippen molar-refractivity contribution in [3.8, 4) is 11.1 Å². The number of nitrogens with one attached hydrogen (secondary N) is 2.